The van der Waals surface area contributed by atoms with Gasteiger partial charge >= 0.3 is 12.4 Å². The van der Waals surface area contributed by atoms with Gasteiger partial charge in [-0.25, -0.2) is 4.98 Å². The van der Waals surface area contributed by atoms with Crippen molar-refractivity contribution in [2.24, 2.45) is 0 Å². The highest BCUT2D eigenvalue weighted by Crippen LogP contribution is 2.49. The monoisotopic (exact) mass is 440 g/mol. The number of nitrogens with zero attached hydrogens (tertiary/aromatic N) is 2. The maximum Gasteiger partial charge on any atom is 0.430 e. The van der Waals surface area contributed by atoms with Crippen molar-refractivity contribution in [3.05, 3.63) is 95.7 Å². The summed E-state index contributed by atoms with van der Waals surface area (Å²) in [4.78, 5) is 5.55. The molecule has 0 atom stereocenters. The topological polar surface area (TPSA) is 36.4 Å². The first-order valence-corrected chi connectivity index (χ1v) is 9.17. The van der Waals surface area contributed by atoms with E-state index < -0.39 is 23.5 Å². The van der Waals surface area contributed by atoms with Crippen LogP contribution in [0.15, 0.2) is 79.0 Å². The van der Waals surface area contributed by atoms with Crippen molar-refractivity contribution in [2.45, 2.75) is 31.0 Å². The number of pyridine rings is 1. The number of aromatic nitrogens is 1. The molecule has 0 unspecified atom stereocenters. The minimum absolute atomic E-state index is 0.170. The second kappa shape index (κ2) is 8.58. The summed E-state index contributed by atoms with van der Waals surface area (Å²) >= 11 is 0. The van der Waals surface area contributed by atoms with Crippen molar-refractivity contribution in [2.75, 3.05) is 4.90 Å². The smallest absolute Gasteiger partial charge is 0.369 e. The van der Waals surface area contributed by atoms with Crippen LogP contribution in [0.25, 0.3) is 0 Å². The highest BCUT2D eigenvalue weighted by atomic mass is 19.4. The van der Waals surface area contributed by atoms with Gasteiger partial charge in [-0.3, -0.25) is 0 Å². The fraction of sp³-hybridized carbons (Fsp3) is 0.227. The van der Waals surface area contributed by atoms with Crippen LogP contribution in [0.2, 0.25) is 0 Å². The zero-order valence-corrected chi connectivity index (χ0v) is 16.0. The van der Waals surface area contributed by atoms with Crippen LogP contribution in [0.5, 0.6) is 0 Å². The Balaban J connectivity index is 1.96. The molecule has 0 fully saturated rings. The van der Waals surface area contributed by atoms with E-state index in [0.717, 1.165) is 17.2 Å². The molecule has 0 aliphatic rings. The predicted molar refractivity (Wildman–Crippen MR) is 103 cm³/mol. The average molecular weight is 440 g/mol. The molecule has 164 valence electrons. The van der Waals surface area contributed by atoms with E-state index >= 15 is 0 Å². The summed E-state index contributed by atoms with van der Waals surface area (Å²) < 4.78 is 78.7. The van der Waals surface area contributed by atoms with Crippen LogP contribution in [0, 0.1) is 0 Å². The Morgan fingerprint density at radius 3 is 1.48 bits per heavy atom. The zero-order chi connectivity index (χ0) is 22.7. The Hall–Kier alpha value is -3.07. The van der Waals surface area contributed by atoms with E-state index in [4.69, 9.17) is 0 Å². The van der Waals surface area contributed by atoms with Crippen molar-refractivity contribution in [1.82, 2.24) is 4.98 Å². The number of hydrogen-bond donors (Lipinski definition) is 1. The van der Waals surface area contributed by atoms with E-state index in [1.807, 2.05) is 60.7 Å². The van der Waals surface area contributed by atoms with Gasteiger partial charge in [0.05, 0.1) is 0 Å². The minimum Gasteiger partial charge on any atom is -0.369 e. The summed E-state index contributed by atoms with van der Waals surface area (Å²) in [6, 6.07) is 20.0. The predicted octanol–water partition coefficient (Wildman–Crippen LogP) is 5.60. The van der Waals surface area contributed by atoms with Gasteiger partial charge in [0.2, 0.25) is 0 Å². The third-order valence-electron chi connectivity index (χ3n) is 4.74. The van der Waals surface area contributed by atoms with Gasteiger partial charge in [0.25, 0.3) is 5.60 Å². The maximum atomic E-state index is 13.1. The molecule has 3 aromatic rings. The Bertz CT molecular complexity index is 917. The summed E-state index contributed by atoms with van der Waals surface area (Å²) in [5.41, 5.74) is -4.64. The summed E-state index contributed by atoms with van der Waals surface area (Å²) in [5, 5.41) is 9.55. The van der Waals surface area contributed by atoms with Gasteiger partial charge in [0.1, 0.15) is 5.82 Å². The van der Waals surface area contributed by atoms with Crippen molar-refractivity contribution < 1.29 is 31.4 Å². The highest BCUT2D eigenvalue weighted by molar-refractivity contribution is 5.43. The SMILES string of the molecule is OC(c1ccc(N(Cc2ccccc2)Cc2ccccc2)nc1)(C(F)(F)F)C(F)(F)F. The molecule has 2 aromatic carbocycles. The van der Waals surface area contributed by atoms with Gasteiger partial charge in [-0.2, -0.15) is 26.3 Å². The number of halogens is 6. The molecule has 3 rings (SSSR count). The lowest BCUT2D eigenvalue weighted by Crippen LogP contribution is -2.54. The molecule has 31 heavy (non-hydrogen) atoms. The normalized spacial score (nSPS) is 12.6. The highest BCUT2D eigenvalue weighted by Gasteiger charge is 2.71. The lowest BCUT2D eigenvalue weighted by atomic mass is 9.94. The van der Waals surface area contributed by atoms with Gasteiger partial charge in [0.15, 0.2) is 0 Å². The summed E-state index contributed by atoms with van der Waals surface area (Å²) in [6.45, 7) is 0.649. The first kappa shape index (κ1) is 22.6. The largest absolute Gasteiger partial charge is 0.430 e. The molecule has 9 heteroatoms. The van der Waals surface area contributed by atoms with Gasteiger partial charge in [-0.05, 0) is 17.2 Å². The minimum atomic E-state index is -5.96. The van der Waals surface area contributed by atoms with Crippen molar-refractivity contribution in [3.63, 3.8) is 0 Å². The number of hydrogen-bond acceptors (Lipinski definition) is 3. The number of anilines is 1. The molecule has 1 N–H and O–H groups in total. The summed E-state index contributed by atoms with van der Waals surface area (Å²) in [6.07, 6.45) is -11.5. The van der Waals surface area contributed by atoms with E-state index in [-0.39, 0.29) is 5.82 Å². The Morgan fingerprint density at radius 2 is 1.13 bits per heavy atom. The van der Waals surface area contributed by atoms with Crippen LogP contribution in [0.3, 0.4) is 0 Å². The first-order valence-electron chi connectivity index (χ1n) is 9.17. The Kier molecular flexibility index (Phi) is 6.26. The molecule has 0 amide bonds. The van der Waals surface area contributed by atoms with E-state index in [0.29, 0.717) is 25.4 Å². The third kappa shape index (κ3) is 4.82. The summed E-state index contributed by atoms with van der Waals surface area (Å²) in [5.74, 6) is 0.170. The van der Waals surface area contributed by atoms with Gasteiger partial charge in [-0.1, -0.05) is 66.7 Å². The molecule has 1 heterocycles. The molecule has 0 aliphatic heterocycles. The standard InChI is InChI=1S/C22H18F6N2O/c23-21(24,25)20(31,22(26,27)28)18-11-12-19(29-13-18)30(14-16-7-3-1-4-8-16)15-17-9-5-2-6-10-17/h1-13,31H,14-15H2. The Morgan fingerprint density at radius 1 is 0.677 bits per heavy atom. The molecular weight excluding hydrogens is 422 g/mol. The molecule has 1 aromatic heterocycles. The maximum absolute atomic E-state index is 13.1. The van der Waals surface area contributed by atoms with Crippen LogP contribution in [-0.4, -0.2) is 22.4 Å². The van der Waals surface area contributed by atoms with E-state index in [1.165, 1.54) is 0 Å². The summed E-state index contributed by atoms with van der Waals surface area (Å²) in [7, 11) is 0. The zero-order valence-electron chi connectivity index (χ0n) is 16.0. The number of benzene rings is 2. The first-order chi connectivity index (χ1) is 14.5. The molecular formula is C22H18F6N2O. The lowest BCUT2D eigenvalue weighted by molar-refractivity contribution is -0.376. The quantitative estimate of drug-likeness (QED) is 0.507. The Labute approximate surface area is 174 Å². The van der Waals surface area contributed by atoms with Gasteiger partial charge in [-0.15, -0.1) is 0 Å². The van der Waals surface area contributed by atoms with Crippen LogP contribution in [0.1, 0.15) is 16.7 Å². The molecule has 0 saturated heterocycles. The molecule has 3 nitrogen and oxygen atoms in total. The average Bonchev–Trinajstić information content (AvgIpc) is 2.73. The molecule has 0 radical (unpaired) electrons. The molecule has 0 saturated carbocycles. The fourth-order valence-electron chi connectivity index (χ4n) is 3.10. The van der Waals surface area contributed by atoms with Gasteiger partial charge < -0.3 is 10.0 Å². The van der Waals surface area contributed by atoms with E-state index in [9.17, 15) is 31.4 Å². The second-order valence-corrected chi connectivity index (χ2v) is 6.94. The van der Waals surface area contributed by atoms with Crippen molar-refractivity contribution in [1.29, 1.82) is 0 Å². The molecule has 0 bridgehead atoms. The molecule has 0 aliphatic carbocycles. The lowest BCUT2D eigenvalue weighted by Gasteiger charge is -2.32. The van der Waals surface area contributed by atoms with Crippen LogP contribution >= 0.6 is 0 Å². The number of alkyl halides is 6. The number of rotatable bonds is 6. The van der Waals surface area contributed by atoms with Crippen LogP contribution in [-0.2, 0) is 18.7 Å². The van der Waals surface area contributed by atoms with Crippen LogP contribution in [0.4, 0.5) is 32.2 Å². The van der Waals surface area contributed by atoms with E-state index in [2.05, 4.69) is 4.98 Å². The third-order valence-corrected chi connectivity index (χ3v) is 4.74. The number of aliphatic hydroxyl groups is 1. The fourth-order valence-corrected chi connectivity index (χ4v) is 3.10. The van der Waals surface area contributed by atoms with E-state index in [1.54, 1.807) is 4.90 Å². The van der Waals surface area contributed by atoms with Crippen molar-refractivity contribution >= 4 is 5.82 Å². The van der Waals surface area contributed by atoms with Gasteiger partial charge in [0, 0.05) is 24.8 Å². The molecule has 0 spiro atoms. The second-order valence-electron chi connectivity index (χ2n) is 6.94. The van der Waals surface area contributed by atoms with Crippen molar-refractivity contribution in [3.8, 4) is 0 Å². The van der Waals surface area contributed by atoms with Crippen LogP contribution < -0.4 is 4.90 Å².